The number of amides is 3. The summed E-state index contributed by atoms with van der Waals surface area (Å²) in [6.45, 7) is 15.1. The van der Waals surface area contributed by atoms with Crippen molar-refractivity contribution in [2.24, 2.45) is 11.8 Å². The maximum absolute atomic E-state index is 14.1. The number of ether oxygens (including phenoxy) is 1. The van der Waals surface area contributed by atoms with Gasteiger partial charge in [0.05, 0.1) is 12.1 Å². The van der Waals surface area contributed by atoms with Crippen molar-refractivity contribution in [2.45, 2.75) is 97.0 Å². The highest BCUT2D eigenvalue weighted by Crippen LogP contribution is 2.27. The molecule has 0 radical (unpaired) electrons. The number of piperidine rings is 1. The predicted molar refractivity (Wildman–Crippen MR) is 217 cm³/mol. The summed E-state index contributed by atoms with van der Waals surface area (Å²) in [6.07, 6.45) is 5.46. The van der Waals surface area contributed by atoms with Crippen LogP contribution in [0.25, 0.3) is 0 Å². The van der Waals surface area contributed by atoms with Crippen molar-refractivity contribution >= 4 is 29.4 Å². The van der Waals surface area contributed by atoms with Crippen LogP contribution >= 0.6 is 0 Å². The maximum atomic E-state index is 14.1. The molecule has 0 aliphatic carbocycles. The Morgan fingerprint density at radius 1 is 0.818 bits per heavy atom. The fourth-order valence-corrected chi connectivity index (χ4v) is 8.26. The van der Waals surface area contributed by atoms with Crippen LogP contribution in [-0.2, 0) is 23.9 Å². The van der Waals surface area contributed by atoms with Crippen molar-refractivity contribution in [1.82, 2.24) is 24.9 Å². The normalized spacial score (nSPS) is 21.7. The second kappa shape index (κ2) is 19.6. The summed E-state index contributed by atoms with van der Waals surface area (Å²) in [6, 6.07) is 18.3. The smallest absolute Gasteiger partial charge is 0.329 e. The molecule has 0 bridgehead atoms. The van der Waals surface area contributed by atoms with Gasteiger partial charge < -0.3 is 24.8 Å². The lowest BCUT2D eigenvalue weighted by atomic mass is 9.96. The molecule has 2 aromatic carbocycles. The quantitative estimate of drug-likeness (QED) is 0.209. The first-order valence-corrected chi connectivity index (χ1v) is 20.4. The number of nitrogens with zero attached hydrogens (tertiary/aromatic N) is 5. The molecule has 3 heterocycles. The summed E-state index contributed by atoms with van der Waals surface area (Å²) in [5.41, 5.74) is 2.62. The number of likely N-dealkylation sites (N-methyl/N-ethyl adjacent to an activating group) is 2. The van der Waals surface area contributed by atoms with Gasteiger partial charge in [0, 0.05) is 57.6 Å². The molecule has 0 spiro atoms. The highest BCUT2D eigenvalue weighted by Gasteiger charge is 2.39. The molecule has 300 valence electrons. The number of anilines is 1. The van der Waals surface area contributed by atoms with Gasteiger partial charge in [-0.1, -0.05) is 88.7 Å². The fraction of sp³-hybridized carbons (Fsp3) is 0.591. The Hall–Kier alpha value is -4.22. The Morgan fingerprint density at radius 3 is 2.07 bits per heavy atom. The Morgan fingerprint density at radius 2 is 1.45 bits per heavy atom. The highest BCUT2D eigenvalue weighted by molar-refractivity contribution is 5.96. The van der Waals surface area contributed by atoms with Crippen molar-refractivity contribution in [2.75, 3.05) is 64.8 Å². The van der Waals surface area contributed by atoms with Gasteiger partial charge in [-0.05, 0) is 75.7 Å². The van der Waals surface area contributed by atoms with Gasteiger partial charge in [-0.25, -0.2) is 4.79 Å². The topological polar surface area (TPSA) is 106 Å². The van der Waals surface area contributed by atoms with Gasteiger partial charge >= 0.3 is 5.97 Å². The van der Waals surface area contributed by atoms with E-state index in [1.165, 1.54) is 5.69 Å². The number of hydrogen-bond acceptors (Lipinski definition) is 8. The Bertz CT molecular complexity index is 1610. The number of carbonyl (C=O) groups is 4. The van der Waals surface area contributed by atoms with Crippen LogP contribution in [-0.4, -0.2) is 127 Å². The minimum atomic E-state index is -0.693. The van der Waals surface area contributed by atoms with Crippen molar-refractivity contribution in [3.63, 3.8) is 0 Å². The van der Waals surface area contributed by atoms with E-state index in [4.69, 9.17) is 4.74 Å². The number of hydrogen-bond donors (Lipinski definition) is 1. The first-order valence-electron chi connectivity index (χ1n) is 20.4. The molecule has 5 atom stereocenters. The van der Waals surface area contributed by atoms with Gasteiger partial charge in [-0.3, -0.25) is 24.2 Å². The first kappa shape index (κ1) is 41.9. The molecule has 55 heavy (non-hydrogen) atoms. The molecule has 3 amide bonds. The summed E-state index contributed by atoms with van der Waals surface area (Å²) >= 11 is 0. The third-order valence-electron chi connectivity index (χ3n) is 11.7. The lowest BCUT2D eigenvalue weighted by molar-refractivity contribution is -0.158. The van der Waals surface area contributed by atoms with E-state index >= 15 is 0 Å². The van der Waals surface area contributed by atoms with Gasteiger partial charge in [0.2, 0.25) is 17.7 Å². The van der Waals surface area contributed by atoms with E-state index in [1.807, 2.05) is 77.2 Å². The minimum absolute atomic E-state index is 0.00905. The molecule has 11 nitrogen and oxygen atoms in total. The van der Waals surface area contributed by atoms with Crippen LogP contribution in [0.3, 0.4) is 0 Å². The maximum Gasteiger partial charge on any atom is 0.329 e. The van der Waals surface area contributed by atoms with Gasteiger partial charge in [0.25, 0.3) is 0 Å². The average molecular weight is 757 g/mol. The van der Waals surface area contributed by atoms with E-state index in [-0.39, 0.29) is 41.6 Å². The van der Waals surface area contributed by atoms with Crippen molar-refractivity contribution < 1.29 is 23.9 Å². The molecule has 5 rings (SSSR count). The number of rotatable bonds is 14. The monoisotopic (exact) mass is 756 g/mol. The van der Waals surface area contributed by atoms with Crippen LogP contribution in [0.5, 0.6) is 0 Å². The highest BCUT2D eigenvalue weighted by atomic mass is 16.5. The predicted octanol–water partition coefficient (Wildman–Crippen LogP) is 5.14. The van der Waals surface area contributed by atoms with E-state index in [9.17, 15) is 19.2 Å². The van der Waals surface area contributed by atoms with Gasteiger partial charge in [-0.15, -0.1) is 0 Å². The molecule has 1 N–H and O–H groups in total. The van der Waals surface area contributed by atoms with E-state index in [0.29, 0.717) is 31.5 Å². The first-order chi connectivity index (χ1) is 26.3. The van der Waals surface area contributed by atoms with E-state index in [2.05, 4.69) is 44.3 Å². The van der Waals surface area contributed by atoms with E-state index in [0.717, 1.165) is 57.5 Å². The molecular formula is C44H64N6O5. The van der Waals surface area contributed by atoms with Gasteiger partial charge in [0.1, 0.15) is 18.2 Å². The van der Waals surface area contributed by atoms with E-state index < -0.39 is 24.2 Å². The van der Waals surface area contributed by atoms with Crippen molar-refractivity contribution in [3.8, 4) is 0 Å². The number of para-hydroxylation sites is 1. The summed E-state index contributed by atoms with van der Waals surface area (Å²) in [4.78, 5) is 65.5. The summed E-state index contributed by atoms with van der Waals surface area (Å²) in [5.74, 6) is -1.05. The molecule has 2 aromatic rings. The lowest BCUT2D eigenvalue weighted by Gasteiger charge is -2.37. The summed E-state index contributed by atoms with van der Waals surface area (Å²) in [7, 11) is 3.71. The molecule has 3 fully saturated rings. The molecule has 0 saturated carbocycles. The van der Waals surface area contributed by atoms with Crippen molar-refractivity contribution in [1.29, 1.82) is 0 Å². The van der Waals surface area contributed by atoms with Crippen LogP contribution in [0.2, 0.25) is 0 Å². The molecule has 3 saturated heterocycles. The zero-order valence-corrected chi connectivity index (χ0v) is 34.2. The minimum Gasteiger partial charge on any atom is -0.455 e. The number of likely N-dealkylation sites (tertiary alicyclic amines) is 2. The second-order valence-electron chi connectivity index (χ2n) is 16.4. The van der Waals surface area contributed by atoms with Gasteiger partial charge in [0.15, 0.2) is 0 Å². The molecule has 3 aliphatic rings. The van der Waals surface area contributed by atoms with Crippen LogP contribution in [0.1, 0.15) is 78.4 Å². The SMILES string of the molecule is C/C(=C\C(C(C)C)N(C)C(=O)[C@@H](NC(=O)[C@H]1CCCCN1C)C(C)C)C(=O)N1CCC[C@H]1C(=O)OC(CN1CCN(c2ccccc2)CC1)c1ccccc1. The molecule has 11 heteroatoms. The molecular weight excluding hydrogens is 693 g/mol. The number of carbonyl (C=O) groups excluding carboxylic acids is 4. The Balaban J connectivity index is 1.24. The molecule has 2 unspecified atom stereocenters. The number of benzene rings is 2. The standard InChI is InChI=1S/C44H64N6O5/c1-31(2)38(47(7)43(53)40(32(3)4)45-41(51)36-21-14-15-23-46(36)6)29-33(5)42(52)50-24-16-22-37(50)44(54)55-39(34-17-10-8-11-18-34)30-48-25-27-49(28-26-48)35-19-12-9-13-20-35/h8-13,17-20,29,31-32,36-40H,14-16,21-28,30H2,1-7H3,(H,45,51)/b33-29+/t36-,37+,38?,39?,40+/m1/s1. The summed E-state index contributed by atoms with van der Waals surface area (Å²) in [5, 5.41) is 3.07. The largest absolute Gasteiger partial charge is 0.455 e. The average Bonchev–Trinajstić information content (AvgIpc) is 3.69. The Labute approximate surface area is 329 Å². The van der Waals surface area contributed by atoms with Crippen LogP contribution in [0.4, 0.5) is 5.69 Å². The van der Waals surface area contributed by atoms with Crippen LogP contribution in [0, 0.1) is 11.8 Å². The van der Waals surface area contributed by atoms with Crippen LogP contribution in [0.15, 0.2) is 72.3 Å². The zero-order chi connectivity index (χ0) is 39.6. The lowest BCUT2D eigenvalue weighted by Crippen LogP contribution is -2.57. The second-order valence-corrected chi connectivity index (χ2v) is 16.4. The Kier molecular flexibility index (Phi) is 14.9. The van der Waals surface area contributed by atoms with Crippen LogP contribution < -0.4 is 10.2 Å². The number of esters is 1. The van der Waals surface area contributed by atoms with Crippen molar-refractivity contribution in [3.05, 3.63) is 77.9 Å². The third kappa shape index (κ3) is 10.8. The van der Waals surface area contributed by atoms with E-state index in [1.54, 1.807) is 23.8 Å². The zero-order valence-electron chi connectivity index (χ0n) is 34.2. The third-order valence-corrected chi connectivity index (χ3v) is 11.7. The number of nitrogens with one attached hydrogen (secondary N) is 1. The fourth-order valence-electron chi connectivity index (χ4n) is 8.26. The van der Waals surface area contributed by atoms with Gasteiger partial charge in [-0.2, -0.15) is 0 Å². The number of piperazine rings is 1. The molecule has 3 aliphatic heterocycles. The summed E-state index contributed by atoms with van der Waals surface area (Å²) < 4.78 is 6.32. The molecule has 0 aromatic heterocycles.